The number of nitrogens with one attached hydrogen (secondary N) is 2. The van der Waals surface area contributed by atoms with E-state index >= 15 is 0 Å². The van der Waals surface area contributed by atoms with Gasteiger partial charge in [-0.15, -0.1) is 0 Å². The van der Waals surface area contributed by atoms with Crippen molar-refractivity contribution in [2.75, 3.05) is 0 Å². The molecule has 0 saturated heterocycles. The van der Waals surface area contributed by atoms with Gasteiger partial charge in [-0.25, -0.2) is 0 Å². The Balaban J connectivity index is 2.87. The first-order valence-electron chi connectivity index (χ1n) is 3.73. The number of aromatic amines is 2. The minimum Gasteiger partial charge on any atom is -0.312 e. The first kappa shape index (κ1) is 10.0. The summed E-state index contributed by atoms with van der Waals surface area (Å²) in [6, 6.07) is 1.14. The van der Waals surface area contributed by atoms with Crippen LogP contribution in [0.3, 0.4) is 0 Å². The van der Waals surface area contributed by atoms with Crippen LogP contribution >= 0.6 is 11.6 Å². The predicted octanol–water partition coefficient (Wildman–Crippen LogP) is 1.92. The molecule has 0 radical (unpaired) electrons. The smallest absolute Gasteiger partial charge is 0.312 e. The van der Waals surface area contributed by atoms with E-state index in [0.717, 1.165) is 6.07 Å². The van der Waals surface area contributed by atoms with Crippen LogP contribution in [0.25, 0.3) is 10.9 Å². The number of rotatable bonds is 0. The van der Waals surface area contributed by atoms with E-state index in [1.807, 2.05) is 0 Å². The van der Waals surface area contributed by atoms with Gasteiger partial charge < -0.3 is 4.98 Å². The van der Waals surface area contributed by atoms with E-state index in [1.54, 1.807) is 5.10 Å². The van der Waals surface area contributed by atoms with Gasteiger partial charge in [0.25, 0.3) is 5.56 Å². The molecule has 0 saturated carbocycles. The molecule has 80 valence electrons. The highest BCUT2D eigenvalue weighted by molar-refractivity contribution is 6.30. The largest absolute Gasteiger partial charge is 0.433 e. The van der Waals surface area contributed by atoms with Gasteiger partial charge in [-0.05, 0) is 0 Å². The molecular weight excluding hydrogens is 235 g/mol. The summed E-state index contributed by atoms with van der Waals surface area (Å²) in [4.78, 5) is 13.3. The summed E-state index contributed by atoms with van der Waals surface area (Å²) in [5.41, 5.74) is -2.20. The van der Waals surface area contributed by atoms with Crippen molar-refractivity contribution in [3.05, 3.63) is 27.3 Å². The third-order valence-corrected chi connectivity index (χ3v) is 2.00. The molecule has 0 amide bonds. The zero-order chi connectivity index (χ0) is 11.2. The standard InChI is InChI=1S/C7H3ClF3N3O/c8-3-1-2-4(6(15)12-3)5(14-13-2)7(9,10)11/h1H,(H,12,15)(H,13,14). The number of nitrogens with zero attached hydrogens (tertiary/aromatic N) is 1. The van der Waals surface area contributed by atoms with Crippen LogP contribution in [0.4, 0.5) is 13.2 Å². The molecule has 0 bridgehead atoms. The first-order chi connectivity index (χ1) is 6.89. The Morgan fingerprint density at radius 3 is 2.67 bits per heavy atom. The van der Waals surface area contributed by atoms with Gasteiger partial charge in [0.1, 0.15) is 10.7 Å². The normalized spacial score (nSPS) is 12.3. The van der Waals surface area contributed by atoms with Crippen LogP contribution in [-0.4, -0.2) is 15.2 Å². The molecule has 15 heavy (non-hydrogen) atoms. The summed E-state index contributed by atoms with van der Waals surface area (Å²) in [7, 11) is 0. The Hall–Kier alpha value is -1.50. The fourth-order valence-corrected chi connectivity index (χ4v) is 1.41. The molecule has 0 unspecified atom stereocenters. The minimum absolute atomic E-state index is 0.0623. The number of H-pyrrole nitrogens is 2. The number of halogens is 4. The van der Waals surface area contributed by atoms with Crippen molar-refractivity contribution < 1.29 is 13.2 Å². The van der Waals surface area contributed by atoms with Gasteiger partial charge in [-0.2, -0.15) is 18.3 Å². The van der Waals surface area contributed by atoms with Crippen LogP contribution in [-0.2, 0) is 6.18 Å². The lowest BCUT2D eigenvalue weighted by atomic mass is 10.2. The Bertz CT molecular complexity index is 571. The van der Waals surface area contributed by atoms with Gasteiger partial charge >= 0.3 is 6.18 Å². The fraction of sp³-hybridized carbons (Fsp3) is 0.143. The second kappa shape index (κ2) is 2.99. The summed E-state index contributed by atoms with van der Waals surface area (Å²) >= 11 is 5.46. The lowest BCUT2D eigenvalue weighted by Crippen LogP contribution is -2.12. The highest BCUT2D eigenvalue weighted by Gasteiger charge is 2.36. The van der Waals surface area contributed by atoms with E-state index in [2.05, 4.69) is 10.1 Å². The van der Waals surface area contributed by atoms with Crippen molar-refractivity contribution in [1.82, 2.24) is 15.2 Å². The zero-order valence-corrected chi connectivity index (χ0v) is 7.70. The maximum Gasteiger partial charge on any atom is 0.433 e. The molecule has 0 atom stereocenters. The maximum atomic E-state index is 12.4. The van der Waals surface area contributed by atoms with Gasteiger partial charge in [-0.1, -0.05) is 11.6 Å². The third-order valence-electron chi connectivity index (χ3n) is 1.80. The van der Waals surface area contributed by atoms with Crippen LogP contribution in [0.15, 0.2) is 10.9 Å². The summed E-state index contributed by atoms with van der Waals surface area (Å²) in [6.07, 6.45) is -4.64. The molecule has 0 aromatic carbocycles. The molecular formula is C7H3ClF3N3O. The van der Waals surface area contributed by atoms with Gasteiger partial charge in [0, 0.05) is 6.07 Å². The molecule has 2 aromatic heterocycles. The van der Waals surface area contributed by atoms with Gasteiger partial charge in [0.05, 0.1) is 5.39 Å². The van der Waals surface area contributed by atoms with Gasteiger partial charge in [0.15, 0.2) is 5.69 Å². The second-order valence-corrected chi connectivity index (χ2v) is 3.21. The third kappa shape index (κ3) is 1.58. The first-order valence-corrected chi connectivity index (χ1v) is 4.11. The van der Waals surface area contributed by atoms with Gasteiger partial charge in [0.2, 0.25) is 0 Å². The Morgan fingerprint density at radius 1 is 1.40 bits per heavy atom. The summed E-state index contributed by atoms with van der Waals surface area (Å²) in [5.74, 6) is 0. The molecule has 8 heteroatoms. The van der Waals surface area contributed by atoms with E-state index in [0.29, 0.717) is 0 Å². The van der Waals surface area contributed by atoms with E-state index in [-0.39, 0.29) is 10.7 Å². The number of fused-ring (bicyclic) bond motifs is 1. The molecule has 0 aliphatic carbocycles. The molecule has 0 fully saturated rings. The Morgan fingerprint density at radius 2 is 2.07 bits per heavy atom. The predicted molar refractivity (Wildman–Crippen MR) is 46.7 cm³/mol. The number of hydrogen-bond acceptors (Lipinski definition) is 2. The average molecular weight is 238 g/mol. The molecule has 0 spiro atoms. The van der Waals surface area contributed by atoms with Crippen LogP contribution in [0.1, 0.15) is 5.69 Å². The van der Waals surface area contributed by atoms with Crippen molar-refractivity contribution >= 4 is 22.5 Å². The van der Waals surface area contributed by atoms with Crippen molar-refractivity contribution in [3.8, 4) is 0 Å². The lowest BCUT2D eigenvalue weighted by molar-refractivity contribution is -0.140. The topological polar surface area (TPSA) is 61.5 Å². The second-order valence-electron chi connectivity index (χ2n) is 2.80. The SMILES string of the molecule is O=c1[nH]c(Cl)cc2n[nH]c(C(F)(F)F)c12. The molecule has 2 N–H and O–H groups in total. The van der Waals surface area contributed by atoms with Crippen molar-refractivity contribution in [3.63, 3.8) is 0 Å². The molecule has 2 rings (SSSR count). The zero-order valence-electron chi connectivity index (χ0n) is 6.94. The van der Waals surface area contributed by atoms with Crippen LogP contribution in [0, 0.1) is 0 Å². The van der Waals surface area contributed by atoms with Crippen molar-refractivity contribution in [2.24, 2.45) is 0 Å². The molecule has 0 aliphatic rings. The molecule has 0 aliphatic heterocycles. The summed E-state index contributed by atoms with van der Waals surface area (Å²) in [6.45, 7) is 0. The average Bonchev–Trinajstić information content (AvgIpc) is 2.45. The van der Waals surface area contributed by atoms with Gasteiger partial charge in [-0.3, -0.25) is 9.89 Å². The summed E-state index contributed by atoms with van der Waals surface area (Å²) in [5, 5.41) is 4.53. The number of pyridine rings is 1. The highest BCUT2D eigenvalue weighted by atomic mass is 35.5. The fourth-order valence-electron chi connectivity index (χ4n) is 1.22. The number of hydrogen-bond donors (Lipinski definition) is 2. The molecule has 4 nitrogen and oxygen atoms in total. The highest BCUT2D eigenvalue weighted by Crippen LogP contribution is 2.31. The Kier molecular flexibility index (Phi) is 2.00. The lowest BCUT2D eigenvalue weighted by Gasteiger charge is -2.02. The van der Waals surface area contributed by atoms with E-state index in [9.17, 15) is 18.0 Å². The summed E-state index contributed by atoms with van der Waals surface area (Å²) < 4.78 is 37.1. The monoisotopic (exact) mass is 237 g/mol. The number of alkyl halides is 3. The van der Waals surface area contributed by atoms with E-state index < -0.39 is 22.8 Å². The van der Waals surface area contributed by atoms with Crippen molar-refractivity contribution in [2.45, 2.75) is 6.18 Å². The van der Waals surface area contributed by atoms with Crippen LogP contribution < -0.4 is 5.56 Å². The van der Waals surface area contributed by atoms with Crippen molar-refractivity contribution in [1.29, 1.82) is 0 Å². The van der Waals surface area contributed by atoms with Crippen LogP contribution in [0.2, 0.25) is 5.15 Å². The maximum absolute atomic E-state index is 12.4. The molecule has 2 aromatic rings. The van der Waals surface area contributed by atoms with E-state index in [1.165, 1.54) is 0 Å². The Labute approximate surface area is 85.1 Å². The number of aromatic nitrogens is 3. The molecule has 2 heterocycles. The van der Waals surface area contributed by atoms with Crippen LogP contribution in [0.5, 0.6) is 0 Å². The van der Waals surface area contributed by atoms with E-state index in [4.69, 9.17) is 11.6 Å². The minimum atomic E-state index is -4.64. The quantitative estimate of drug-likeness (QED) is 0.688.